The Bertz CT molecular complexity index is 1110. The Morgan fingerprint density at radius 2 is 1.67 bits per heavy atom. The lowest BCUT2D eigenvalue weighted by Crippen LogP contribution is -3.12. The summed E-state index contributed by atoms with van der Waals surface area (Å²) in [5, 5.41) is 12.5. The molecule has 3 aromatic rings. The summed E-state index contributed by atoms with van der Waals surface area (Å²) in [5.41, 5.74) is 4.67. The fraction of sp³-hybridized carbons (Fsp3) is 0.360. The van der Waals surface area contributed by atoms with Crippen molar-refractivity contribution in [1.29, 1.82) is 0 Å². The molecule has 1 aliphatic rings. The van der Waals surface area contributed by atoms with Crippen molar-refractivity contribution in [3.05, 3.63) is 53.1 Å². The van der Waals surface area contributed by atoms with E-state index in [0.29, 0.717) is 11.8 Å². The number of aromatic hydroxyl groups is 1. The first-order chi connectivity index (χ1) is 14.4. The Balaban J connectivity index is 1.93. The number of fused-ring (bicyclic) bond motifs is 2. The van der Waals surface area contributed by atoms with Gasteiger partial charge in [0.25, 0.3) is 0 Å². The average molecular weight is 409 g/mol. The summed E-state index contributed by atoms with van der Waals surface area (Å²) < 4.78 is 16.8. The third-order valence-corrected chi connectivity index (χ3v) is 6.34. The molecule has 0 radical (unpaired) electrons. The van der Waals surface area contributed by atoms with Gasteiger partial charge in [-0.25, -0.2) is 0 Å². The molecule has 2 N–H and O–H groups in total. The van der Waals surface area contributed by atoms with E-state index in [1.165, 1.54) is 16.0 Å². The average Bonchev–Trinajstić information content (AvgIpc) is 2.72. The van der Waals surface area contributed by atoms with Crippen LogP contribution in [-0.4, -0.2) is 32.5 Å². The lowest BCUT2D eigenvalue weighted by Gasteiger charge is -2.38. The maximum absolute atomic E-state index is 10.7. The normalized spacial score (nSPS) is 20.7. The Morgan fingerprint density at radius 3 is 2.33 bits per heavy atom. The minimum Gasteiger partial charge on any atom is -0.507 e. The Morgan fingerprint density at radius 1 is 0.933 bits per heavy atom. The zero-order valence-corrected chi connectivity index (χ0v) is 18.5. The smallest absolute Gasteiger partial charge is 0.140 e. The van der Waals surface area contributed by atoms with Gasteiger partial charge in [0, 0.05) is 18.6 Å². The van der Waals surface area contributed by atoms with Crippen molar-refractivity contribution in [3.63, 3.8) is 0 Å². The second kappa shape index (κ2) is 7.73. The molecule has 1 aliphatic heterocycles. The number of methoxy groups -OCH3 is 3. The van der Waals surface area contributed by atoms with Crippen molar-refractivity contribution < 1.29 is 24.2 Å². The van der Waals surface area contributed by atoms with Crippen LogP contribution in [0.25, 0.3) is 10.8 Å². The highest BCUT2D eigenvalue weighted by molar-refractivity contribution is 6.00. The van der Waals surface area contributed by atoms with Crippen molar-refractivity contribution >= 4 is 16.5 Å². The topological polar surface area (TPSA) is 52.4 Å². The molecule has 3 aromatic carbocycles. The third kappa shape index (κ3) is 3.14. The minimum atomic E-state index is 0.170. The molecule has 0 fully saturated rings. The van der Waals surface area contributed by atoms with Gasteiger partial charge in [0.1, 0.15) is 34.7 Å². The SMILES string of the molecule is COc1cc2c(c(OC)c1)C(C)[NH+](c1ccc(OC)c3c(O)cc(C)cc13)C(C)C2. The molecule has 5 nitrogen and oxygen atoms in total. The first-order valence-electron chi connectivity index (χ1n) is 10.3. The van der Waals surface area contributed by atoms with Crippen molar-refractivity contribution in [1.82, 2.24) is 0 Å². The molecule has 3 atom stereocenters. The van der Waals surface area contributed by atoms with E-state index in [-0.39, 0.29) is 11.8 Å². The summed E-state index contributed by atoms with van der Waals surface area (Å²) in [5.74, 6) is 2.62. The summed E-state index contributed by atoms with van der Waals surface area (Å²) in [7, 11) is 5.04. The van der Waals surface area contributed by atoms with Crippen molar-refractivity contribution in [2.24, 2.45) is 0 Å². The van der Waals surface area contributed by atoms with Crippen LogP contribution in [0.4, 0.5) is 5.69 Å². The largest absolute Gasteiger partial charge is 0.507 e. The van der Waals surface area contributed by atoms with E-state index in [4.69, 9.17) is 14.2 Å². The highest BCUT2D eigenvalue weighted by atomic mass is 16.5. The number of benzene rings is 3. The van der Waals surface area contributed by atoms with Crippen LogP contribution in [0.1, 0.15) is 36.6 Å². The molecular formula is C25H30NO4+. The van der Waals surface area contributed by atoms with E-state index in [1.807, 2.05) is 19.1 Å². The fourth-order valence-corrected chi connectivity index (χ4v) is 5.12. The molecule has 0 saturated heterocycles. The first kappa shape index (κ1) is 20.4. The molecule has 4 rings (SSSR count). The molecule has 5 heteroatoms. The lowest BCUT2D eigenvalue weighted by atomic mass is 9.87. The second-order valence-corrected chi connectivity index (χ2v) is 8.21. The molecule has 1 heterocycles. The number of phenols is 1. The molecule has 158 valence electrons. The number of quaternary nitrogens is 1. The number of rotatable bonds is 4. The standard InChI is InChI=1S/C25H29NO4/c1-14-9-19-20(7-8-22(29-5)25(19)21(27)10-14)26-15(2)11-17-12-18(28-4)13-23(30-6)24(17)16(26)3/h7-10,12-13,15-16,27H,11H2,1-6H3/p+1. The maximum Gasteiger partial charge on any atom is 0.140 e. The Hall–Kier alpha value is -2.92. The third-order valence-electron chi connectivity index (χ3n) is 6.34. The van der Waals surface area contributed by atoms with Crippen LogP contribution < -0.4 is 19.1 Å². The molecule has 3 unspecified atom stereocenters. The van der Waals surface area contributed by atoms with Crippen LogP contribution in [0, 0.1) is 6.92 Å². The monoisotopic (exact) mass is 408 g/mol. The molecule has 0 saturated carbocycles. The van der Waals surface area contributed by atoms with Gasteiger partial charge >= 0.3 is 0 Å². The number of aryl methyl sites for hydroxylation is 1. The van der Waals surface area contributed by atoms with Gasteiger partial charge in [-0.05, 0) is 56.2 Å². The summed E-state index contributed by atoms with van der Waals surface area (Å²) in [6.45, 7) is 6.52. The predicted octanol–water partition coefficient (Wildman–Crippen LogP) is 4.10. The minimum absolute atomic E-state index is 0.170. The van der Waals surface area contributed by atoms with E-state index in [9.17, 15) is 5.11 Å². The van der Waals surface area contributed by atoms with Crippen molar-refractivity contribution in [2.75, 3.05) is 21.3 Å². The molecule has 0 spiro atoms. The molecule has 0 aliphatic carbocycles. The van der Waals surface area contributed by atoms with E-state index >= 15 is 0 Å². The van der Waals surface area contributed by atoms with Crippen LogP contribution in [0.15, 0.2) is 36.4 Å². The Labute approximate surface area is 177 Å². The molecule has 30 heavy (non-hydrogen) atoms. The number of ether oxygens (including phenoxy) is 3. The lowest BCUT2D eigenvalue weighted by molar-refractivity contribution is -0.891. The summed E-state index contributed by atoms with van der Waals surface area (Å²) in [6, 6.07) is 12.6. The first-order valence-corrected chi connectivity index (χ1v) is 10.3. The molecule has 0 bridgehead atoms. The van der Waals surface area contributed by atoms with Gasteiger partial charge in [0.2, 0.25) is 0 Å². The van der Waals surface area contributed by atoms with Crippen LogP contribution >= 0.6 is 0 Å². The second-order valence-electron chi connectivity index (χ2n) is 8.21. The van der Waals surface area contributed by atoms with Crippen LogP contribution in [0.2, 0.25) is 0 Å². The number of hydrogen-bond acceptors (Lipinski definition) is 4. The van der Waals surface area contributed by atoms with E-state index in [0.717, 1.165) is 39.9 Å². The Kier molecular flexibility index (Phi) is 5.24. The summed E-state index contributed by atoms with van der Waals surface area (Å²) >= 11 is 0. The molecular weight excluding hydrogens is 378 g/mol. The van der Waals surface area contributed by atoms with Crippen molar-refractivity contribution in [2.45, 2.75) is 39.3 Å². The van der Waals surface area contributed by atoms with Crippen LogP contribution in [-0.2, 0) is 6.42 Å². The van der Waals surface area contributed by atoms with Crippen LogP contribution in [0.3, 0.4) is 0 Å². The predicted molar refractivity (Wildman–Crippen MR) is 119 cm³/mol. The van der Waals surface area contributed by atoms with E-state index in [1.54, 1.807) is 27.4 Å². The van der Waals surface area contributed by atoms with Gasteiger partial charge in [-0.15, -0.1) is 0 Å². The number of phenolic OH excluding ortho intramolecular Hbond substituents is 1. The van der Waals surface area contributed by atoms with E-state index in [2.05, 4.69) is 32.0 Å². The van der Waals surface area contributed by atoms with Gasteiger partial charge in [0.05, 0.1) is 43.7 Å². The van der Waals surface area contributed by atoms with Gasteiger partial charge in [-0.2, -0.15) is 0 Å². The molecule has 0 amide bonds. The quantitative estimate of drug-likeness (QED) is 0.682. The van der Waals surface area contributed by atoms with Gasteiger partial charge < -0.3 is 19.3 Å². The molecule has 0 aromatic heterocycles. The van der Waals surface area contributed by atoms with Gasteiger partial charge in [0.15, 0.2) is 0 Å². The number of hydrogen-bond donors (Lipinski definition) is 2. The zero-order chi connectivity index (χ0) is 21.6. The van der Waals surface area contributed by atoms with Gasteiger partial charge in [-0.1, -0.05) is 0 Å². The fourth-order valence-electron chi connectivity index (χ4n) is 5.12. The van der Waals surface area contributed by atoms with E-state index < -0.39 is 0 Å². The van der Waals surface area contributed by atoms with Crippen LogP contribution in [0.5, 0.6) is 23.0 Å². The highest BCUT2D eigenvalue weighted by Gasteiger charge is 2.38. The zero-order valence-electron chi connectivity index (χ0n) is 18.5. The van der Waals surface area contributed by atoms with Gasteiger partial charge in [-0.3, -0.25) is 4.90 Å². The van der Waals surface area contributed by atoms with Crippen molar-refractivity contribution in [3.8, 4) is 23.0 Å². The maximum atomic E-state index is 10.7. The summed E-state index contributed by atoms with van der Waals surface area (Å²) in [6.07, 6.45) is 0.911. The summed E-state index contributed by atoms with van der Waals surface area (Å²) in [4.78, 5) is 1.35. The number of nitrogens with one attached hydrogen (secondary N) is 1. The highest BCUT2D eigenvalue weighted by Crippen LogP contribution is 2.40.